The maximum absolute atomic E-state index is 13.3. The van der Waals surface area contributed by atoms with Gasteiger partial charge in [0.05, 0.1) is 6.10 Å². The molecule has 1 aromatic carbocycles. The van der Waals surface area contributed by atoms with Crippen molar-refractivity contribution in [2.45, 2.75) is 51.2 Å². The summed E-state index contributed by atoms with van der Waals surface area (Å²) in [5, 5.41) is 10.6. The molecule has 1 atom stereocenters. The summed E-state index contributed by atoms with van der Waals surface area (Å²) in [6, 6.07) is 4.63. The Morgan fingerprint density at radius 3 is 2.60 bits per heavy atom. The highest BCUT2D eigenvalue weighted by molar-refractivity contribution is 9.10. The summed E-state index contributed by atoms with van der Waals surface area (Å²) >= 11 is 3.43. The van der Waals surface area contributed by atoms with Gasteiger partial charge in [-0.15, -0.1) is 0 Å². The highest BCUT2D eigenvalue weighted by Gasteiger charge is 2.35. The zero-order valence-corrected chi connectivity index (χ0v) is 13.8. The first kappa shape index (κ1) is 15.9. The summed E-state index contributed by atoms with van der Waals surface area (Å²) < 4.78 is 14.2. The van der Waals surface area contributed by atoms with E-state index in [4.69, 9.17) is 0 Å². The molecule has 1 aromatic rings. The van der Waals surface area contributed by atoms with Crippen molar-refractivity contribution in [1.29, 1.82) is 0 Å². The number of rotatable bonds is 4. The van der Waals surface area contributed by atoms with Gasteiger partial charge in [-0.3, -0.25) is 4.90 Å². The minimum atomic E-state index is -0.515. The molecule has 0 spiro atoms. The first-order valence-electron chi connectivity index (χ1n) is 7.28. The molecule has 0 radical (unpaired) electrons. The van der Waals surface area contributed by atoms with Crippen molar-refractivity contribution in [3.05, 3.63) is 34.1 Å². The molecule has 0 bridgehead atoms. The van der Waals surface area contributed by atoms with Crippen molar-refractivity contribution in [2.75, 3.05) is 13.1 Å². The average Bonchev–Trinajstić information content (AvgIpc) is 2.43. The molecule has 0 aromatic heterocycles. The normalized spacial score (nSPS) is 19.1. The molecule has 1 saturated heterocycles. The van der Waals surface area contributed by atoms with Crippen molar-refractivity contribution in [3.8, 4) is 0 Å². The van der Waals surface area contributed by atoms with Crippen molar-refractivity contribution in [2.24, 2.45) is 0 Å². The van der Waals surface area contributed by atoms with Gasteiger partial charge in [-0.05, 0) is 63.5 Å². The number of aliphatic hydroxyl groups is 1. The molecule has 1 N–H and O–H groups in total. The Morgan fingerprint density at radius 1 is 1.30 bits per heavy atom. The van der Waals surface area contributed by atoms with Gasteiger partial charge >= 0.3 is 0 Å². The minimum Gasteiger partial charge on any atom is -0.391 e. The number of benzene rings is 1. The van der Waals surface area contributed by atoms with E-state index in [0.717, 1.165) is 23.1 Å². The summed E-state index contributed by atoms with van der Waals surface area (Å²) in [6.45, 7) is 6.23. The van der Waals surface area contributed by atoms with Gasteiger partial charge in [0.15, 0.2) is 0 Å². The largest absolute Gasteiger partial charge is 0.391 e. The van der Waals surface area contributed by atoms with Gasteiger partial charge in [-0.25, -0.2) is 4.39 Å². The second-order valence-electron chi connectivity index (χ2n) is 6.16. The van der Waals surface area contributed by atoms with Crippen LogP contribution >= 0.6 is 15.9 Å². The average molecular weight is 344 g/mol. The van der Waals surface area contributed by atoms with E-state index in [0.29, 0.717) is 6.42 Å². The van der Waals surface area contributed by atoms with Crippen LogP contribution in [0.2, 0.25) is 0 Å². The number of aliphatic hydroxyl groups excluding tert-OH is 1. The number of hydrogen-bond acceptors (Lipinski definition) is 2. The van der Waals surface area contributed by atoms with Gasteiger partial charge in [0.2, 0.25) is 0 Å². The Bertz CT molecular complexity index is 458. The van der Waals surface area contributed by atoms with Gasteiger partial charge in [0, 0.05) is 16.4 Å². The van der Waals surface area contributed by atoms with E-state index < -0.39 is 6.10 Å². The molecule has 2 nitrogen and oxygen atoms in total. The van der Waals surface area contributed by atoms with Crippen LogP contribution in [-0.4, -0.2) is 34.7 Å². The Balaban J connectivity index is 2.09. The van der Waals surface area contributed by atoms with Crippen molar-refractivity contribution in [3.63, 3.8) is 0 Å². The molecule has 1 fully saturated rings. The first-order valence-corrected chi connectivity index (χ1v) is 8.07. The minimum absolute atomic E-state index is 0.258. The van der Waals surface area contributed by atoms with Gasteiger partial charge < -0.3 is 5.11 Å². The highest BCUT2D eigenvalue weighted by Crippen LogP contribution is 2.28. The Hall–Kier alpha value is -0.450. The number of likely N-dealkylation sites (tertiary alicyclic amines) is 1. The van der Waals surface area contributed by atoms with E-state index in [1.807, 2.05) is 0 Å². The molecular formula is C16H23BrFNO. The van der Waals surface area contributed by atoms with Crippen molar-refractivity contribution >= 4 is 15.9 Å². The Labute approximate surface area is 129 Å². The molecule has 2 rings (SSSR count). The standard InChI is InChI=1S/C16H23BrFNO/c1-16(2,19-8-4-3-5-9-19)15(20)11-12-10-13(18)6-7-14(12)17/h6-7,10,15,20H,3-5,8-9,11H2,1-2H3. The summed E-state index contributed by atoms with van der Waals surface area (Å²) in [7, 11) is 0. The molecule has 20 heavy (non-hydrogen) atoms. The third-order valence-electron chi connectivity index (χ3n) is 4.41. The van der Waals surface area contributed by atoms with Crippen molar-refractivity contribution in [1.82, 2.24) is 4.90 Å². The van der Waals surface area contributed by atoms with Crippen LogP contribution in [0.3, 0.4) is 0 Å². The zero-order valence-electron chi connectivity index (χ0n) is 12.2. The molecular weight excluding hydrogens is 321 g/mol. The summed E-state index contributed by atoms with van der Waals surface area (Å²) in [5.41, 5.74) is 0.536. The highest BCUT2D eigenvalue weighted by atomic mass is 79.9. The summed E-state index contributed by atoms with van der Waals surface area (Å²) in [4.78, 5) is 2.36. The van der Waals surface area contributed by atoms with Crippen LogP contribution in [-0.2, 0) is 6.42 Å². The van der Waals surface area contributed by atoms with E-state index in [-0.39, 0.29) is 11.4 Å². The van der Waals surface area contributed by atoms with Gasteiger partial charge in [-0.2, -0.15) is 0 Å². The van der Waals surface area contributed by atoms with E-state index in [1.165, 1.54) is 31.4 Å². The van der Waals surface area contributed by atoms with Gasteiger partial charge in [0.1, 0.15) is 5.82 Å². The van der Waals surface area contributed by atoms with Crippen LogP contribution in [0, 0.1) is 5.82 Å². The van der Waals surface area contributed by atoms with Crippen molar-refractivity contribution < 1.29 is 9.50 Å². The molecule has 0 saturated carbocycles. The number of halogens is 2. The fourth-order valence-electron chi connectivity index (χ4n) is 2.84. The lowest BCUT2D eigenvalue weighted by Gasteiger charge is -2.44. The summed E-state index contributed by atoms with van der Waals surface area (Å²) in [5.74, 6) is -0.258. The van der Waals surface area contributed by atoms with E-state index in [1.54, 1.807) is 6.07 Å². The number of nitrogens with zero attached hydrogens (tertiary/aromatic N) is 1. The predicted molar refractivity (Wildman–Crippen MR) is 83.3 cm³/mol. The number of hydrogen-bond donors (Lipinski definition) is 1. The van der Waals surface area contributed by atoms with Crippen LogP contribution in [0.5, 0.6) is 0 Å². The molecule has 0 aliphatic carbocycles. The molecule has 112 valence electrons. The number of piperidine rings is 1. The second kappa shape index (κ2) is 6.54. The van der Waals surface area contributed by atoms with E-state index >= 15 is 0 Å². The zero-order chi connectivity index (χ0) is 14.8. The molecule has 1 aliphatic rings. The van der Waals surface area contributed by atoms with Crippen LogP contribution in [0.4, 0.5) is 4.39 Å². The molecule has 0 amide bonds. The first-order chi connectivity index (χ1) is 9.41. The quantitative estimate of drug-likeness (QED) is 0.899. The monoisotopic (exact) mass is 343 g/mol. The lowest BCUT2D eigenvalue weighted by molar-refractivity contribution is -0.0188. The van der Waals surface area contributed by atoms with E-state index in [2.05, 4.69) is 34.7 Å². The SMILES string of the molecule is CC(C)(C(O)Cc1cc(F)ccc1Br)N1CCCCC1. The lowest BCUT2D eigenvalue weighted by Crippen LogP contribution is -2.54. The fourth-order valence-corrected chi connectivity index (χ4v) is 3.25. The van der Waals surface area contributed by atoms with E-state index in [9.17, 15) is 9.50 Å². The molecule has 1 unspecified atom stereocenters. The van der Waals surface area contributed by atoms with Gasteiger partial charge in [0.25, 0.3) is 0 Å². The molecule has 1 aliphatic heterocycles. The molecule has 4 heteroatoms. The van der Waals surface area contributed by atoms with Crippen LogP contribution in [0.1, 0.15) is 38.7 Å². The maximum Gasteiger partial charge on any atom is 0.123 e. The van der Waals surface area contributed by atoms with Gasteiger partial charge in [-0.1, -0.05) is 22.4 Å². The lowest BCUT2D eigenvalue weighted by atomic mass is 9.88. The third-order valence-corrected chi connectivity index (χ3v) is 5.18. The second-order valence-corrected chi connectivity index (χ2v) is 7.01. The topological polar surface area (TPSA) is 23.5 Å². The Kier molecular flexibility index (Phi) is 5.21. The van der Waals surface area contributed by atoms with Crippen LogP contribution in [0.25, 0.3) is 0 Å². The third kappa shape index (κ3) is 3.60. The molecule has 1 heterocycles. The maximum atomic E-state index is 13.3. The predicted octanol–water partition coefficient (Wildman–Crippen LogP) is 3.76. The summed E-state index contributed by atoms with van der Waals surface area (Å²) in [6.07, 6.45) is 3.61. The Morgan fingerprint density at radius 2 is 1.95 bits per heavy atom. The van der Waals surface area contributed by atoms with Crippen LogP contribution < -0.4 is 0 Å². The fraction of sp³-hybridized carbons (Fsp3) is 0.625. The smallest absolute Gasteiger partial charge is 0.123 e. The van der Waals surface area contributed by atoms with Crippen LogP contribution in [0.15, 0.2) is 22.7 Å².